The Balaban J connectivity index is 2.72. The summed E-state index contributed by atoms with van der Waals surface area (Å²) in [5.41, 5.74) is -0.899. The number of ether oxygens (including phenoxy) is 1. The van der Waals surface area contributed by atoms with Crippen molar-refractivity contribution in [2.75, 3.05) is 19.6 Å². The highest BCUT2D eigenvalue weighted by Crippen LogP contribution is 2.33. The van der Waals surface area contributed by atoms with Crippen LogP contribution in [0.3, 0.4) is 0 Å². The Morgan fingerprint density at radius 2 is 1.78 bits per heavy atom. The lowest BCUT2D eigenvalue weighted by Crippen LogP contribution is -3.09. The summed E-state index contributed by atoms with van der Waals surface area (Å²) in [6, 6.07) is 0. The average molecular weight is 252 g/mol. The van der Waals surface area contributed by atoms with Gasteiger partial charge in [-0.05, 0) is 18.8 Å². The highest BCUT2D eigenvalue weighted by atomic mass is 16.6. The zero-order chi connectivity index (χ0) is 13.8. The van der Waals surface area contributed by atoms with Crippen molar-refractivity contribution < 1.29 is 14.4 Å². The molecular formula is C15H26NO2+. The van der Waals surface area contributed by atoms with Gasteiger partial charge < -0.3 is 9.64 Å². The minimum Gasteiger partial charge on any atom is -0.446 e. The van der Waals surface area contributed by atoms with E-state index >= 15 is 0 Å². The van der Waals surface area contributed by atoms with Crippen molar-refractivity contribution >= 4 is 5.97 Å². The van der Waals surface area contributed by atoms with Crippen LogP contribution in [0.25, 0.3) is 0 Å². The molecule has 1 aliphatic heterocycles. The molecule has 0 unspecified atom stereocenters. The van der Waals surface area contributed by atoms with Gasteiger partial charge in [-0.2, -0.15) is 0 Å². The summed E-state index contributed by atoms with van der Waals surface area (Å²) >= 11 is 0. The van der Waals surface area contributed by atoms with Crippen molar-refractivity contribution in [2.45, 2.75) is 53.1 Å². The highest BCUT2D eigenvalue weighted by molar-refractivity contribution is 5.67. The molecule has 0 amide bonds. The lowest BCUT2D eigenvalue weighted by atomic mass is 9.78. The van der Waals surface area contributed by atoms with Crippen LogP contribution < -0.4 is 4.90 Å². The molecule has 3 nitrogen and oxygen atoms in total. The third-order valence-electron chi connectivity index (χ3n) is 3.76. The number of hydrogen-bond donors (Lipinski definition) is 1. The molecule has 0 spiro atoms. The fraction of sp³-hybridized carbons (Fsp3) is 0.800. The van der Waals surface area contributed by atoms with Crippen molar-refractivity contribution in [3.63, 3.8) is 0 Å². The number of esters is 1. The molecule has 0 bridgehead atoms. The van der Waals surface area contributed by atoms with Crippen LogP contribution in [0.1, 0.15) is 47.5 Å². The van der Waals surface area contributed by atoms with Crippen LogP contribution in [0.4, 0.5) is 0 Å². The Morgan fingerprint density at radius 1 is 1.22 bits per heavy atom. The molecule has 0 aromatic rings. The first kappa shape index (κ1) is 15.0. The van der Waals surface area contributed by atoms with Gasteiger partial charge in [0.1, 0.15) is 6.54 Å². The van der Waals surface area contributed by atoms with Gasteiger partial charge in [-0.1, -0.05) is 20.8 Å². The Bertz CT molecular complexity index is 353. The smallest absolute Gasteiger partial charge is 0.304 e. The molecular weight excluding hydrogens is 226 g/mol. The van der Waals surface area contributed by atoms with Crippen molar-refractivity contribution in [3.8, 4) is 11.8 Å². The van der Waals surface area contributed by atoms with E-state index in [9.17, 15) is 4.79 Å². The molecule has 1 atom stereocenters. The number of rotatable bonds is 2. The van der Waals surface area contributed by atoms with Crippen LogP contribution in [0.5, 0.6) is 0 Å². The van der Waals surface area contributed by atoms with Gasteiger partial charge in [0.15, 0.2) is 5.60 Å². The zero-order valence-electron chi connectivity index (χ0n) is 12.4. The van der Waals surface area contributed by atoms with E-state index in [4.69, 9.17) is 4.74 Å². The molecule has 1 N–H and O–H groups in total. The summed E-state index contributed by atoms with van der Waals surface area (Å²) < 4.78 is 5.45. The van der Waals surface area contributed by atoms with E-state index in [1.165, 1.54) is 32.9 Å². The molecule has 1 heterocycles. The van der Waals surface area contributed by atoms with E-state index in [0.29, 0.717) is 0 Å². The molecule has 1 rings (SSSR count). The predicted octanol–water partition coefficient (Wildman–Crippen LogP) is 1.04. The third-order valence-corrected chi connectivity index (χ3v) is 3.76. The van der Waals surface area contributed by atoms with Gasteiger partial charge >= 0.3 is 5.97 Å². The summed E-state index contributed by atoms with van der Waals surface area (Å²) in [5.74, 6) is 6.13. The topological polar surface area (TPSA) is 30.7 Å². The van der Waals surface area contributed by atoms with Crippen molar-refractivity contribution in [3.05, 3.63) is 0 Å². The Labute approximate surface area is 111 Å². The first-order valence-electron chi connectivity index (χ1n) is 6.78. The maximum Gasteiger partial charge on any atom is 0.304 e. The van der Waals surface area contributed by atoms with Gasteiger partial charge in [0, 0.05) is 25.2 Å². The van der Waals surface area contributed by atoms with E-state index in [1.807, 2.05) is 27.7 Å². The van der Waals surface area contributed by atoms with Gasteiger partial charge in [-0.3, -0.25) is 4.79 Å². The maximum absolute atomic E-state index is 11.2. The molecule has 102 valence electrons. The van der Waals surface area contributed by atoms with Crippen molar-refractivity contribution in [1.82, 2.24) is 0 Å². The molecule has 3 heteroatoms. The fourth-order valence-electron chi connectivity index (χ4n) is 2.04. The second kappa shape index (κ2) is 5.75. The van der Waals surface area contributed by atoms with Gasteiger partial charge in [-0.15, -0.1) is 0 Å². The summed E-state index contributed by atoms with van der Waals surface area (Å²) in [4.78, 5) is 12.8. The van der Waals surface area contributed by atoms with E-state index in [0.717, 1.165) is 6.54 Å². The standard InChI is InChI=1S/C15H25NO2/c1-13(17)18-15(5,14(2,3)4)9-8-12-16-10-6-7-11-16/h6-7,10-12H2,1-5H3/p+1/t15-/m0/s1. The number of carbonyl (C=O) groups excluding carboxylic acids is 1. The van der Waals surface area contributed by atoms with Crippen LogP contribution in [0, 0.1) is 17.3 Å². The Kier molecular flexibility index (Phi) is 4.81. The monoisotopic (exact) mass is 252 g/mol. The quantitative estimate of drug-likeness (QED) is 0.588. The van der Waals surface area contributed by atoms with E-state index in [-0.39, 0.29) is 11.4 Å². The molecule has 1 fully saturated rings. The van der Waals surface area contributed by atoms with E-state index < -0.39 is 5.60 Å². The number of hydrogen-bond acceptors (Lipinski definition) is 2. The SMILES string of the molecule is CC(=O)O[C@@](C)(C#CC[NH+]1CCCC1)C(C)(C)C. The summed E-state index contributed by atoms with van der Waals surface area (Å²) in [5, 5.41) is 0. The highest BCUT2D eigenvalue weighted by Gasteiger charge is 2.39. The van der Waals surface area contributed by atoms with E-state index in [1.54, 1.807) is 4.90 Å². The lowest BCUT2D eigenvalue weighted by Gasteiger charge is -2.36. The predicted molar refractivity (Wildman–Crippen MR) is 72.2 cm³/mol. The van der Waals surface area contributed by atoms with Crippen molar-refractivity contribution in [1.29, 1.82) is 0 Å². The Morgan fingerprint density at radius 3 is 2.22 bits per heavy atom. The second-order valence-corrected chi connectivity index (χ2v) is 6.31. The molecule has 1 saturated heterocycles. The number of likely N-dealkylation sites (tertiary alicyclic amines) is 1. The summed E-state index contributed by atoms with van der Waals surface area (Å²) in [6.45, 7) is 12.8. The molecule has 0 radical (unpaired) electrons. The average Bonchev–Trinajstić information content (AvgIpc) is 2.67. The summed E-state index contributed by atoms with van der Waals surface area (Å²) in [6.07, 6.45) is 2.61. The second-order valence-electron chi connectivity index (χ2n) is 6.31. The minimum absolute atomic E-state index is 0.188. The first-order valence-corrected chi connectivity index (χ1v) is 6.78. The van der Waals surface area contributed by atoms with Gasteiger partial charge in [0.25, 0.3) is 0 Å². The van der Waals surface area contributed by atoms with E-state index in [2.05, 4.69) is 11.8 Å². The van der Waals surface area contributed by atoms with Crippen LogP contribution in [-0.2, 0) is 9.53 Å². The first-order chi connectivity index (χ1) is 8.24. The zero-order valence-corrected chi connectivity index (χ0v) is 12.4. The lowest BCUT2D eigenvalue weighted by molar-refractivity contribution is -0.879. The largest absolute Gasteiger partial charge is 0.446 e. The van der Waals surface area contributed by atoms with Crippen LogP contribution >= 0.6 is 0 Å². The molecule has 18 heavy (non-hydrogen) atoms. The fourth-order valence-corrected chi connectivity index (χ4v) is 2.04. The molecule has 0 saturated carbocycles. The molecule has 0 aliphatic carbocycles. The van der Waals surface area contributed by atoms with Gasteiger partial charge in [0.05, 0.1) is 13.1 Å². The van der Waals surface area contributed by atoms with Crippen molar-refractivity contribution in [2.24, 2.45) is 5.41 Å². The normalized spacial score (nSPS) is 19.8. The number of quaternary nitrogens is 1. The number of carbonyl (C=O) groups is 1. The van der Waals surface area contributed by atoms with Crippen LogP contribution in [0.2, 0.25) is 0 Å². The number of nitrogens with one attached hydrogen (secondary N) is 1. The minimum atomic E-state index is -0.710. The van der Waals surface area contributed by atoms with Crippen LogP contribution in [-0.4, -0.2) is 31.2 Å². The molecule has 0 aromatic heterocycles. The van der Waals surface area contributed by atoms with Crippen LogP contribution in [0.15, 0.2) is 0 Å². The van der Waals surface area contributed by atoms with Gasteiger partial charge in [-0.25, -0.2) is 0 Å². The maximum atomic E-state index is 11.2. The molecule has 1 aliphatic rings. The third kappa shape index (κ3) is 4.03. The van der Waals surface area contributed by atoms with Gasteiger partial charge in [0.2, 0.25) is 0 Å². The summed E-state index contributed by atoms with van der Waals surface area (Å²) in [7, 11) is 0. The molecule has 0 aromatic carbocycles. The Hall–Kier alpha value is -1.01.